The Morgan fingerprint density at radius 1 is 1.17 bits per heavy atom. The summed E-state index contributed by atoms with van der Waals surface area (Å²) >= 11 is 0. The van der Waals surface area contributed by atoms with Crippen LogP contribution in [-0.2, 0) is 9.53 Å². The van der Waals surface area contributed by atoms with Gasteiger partial charge in [0.2, 0.25) is 5.91 Å². The highest BCUT2D eigenvalue weighted by atomic mass is 19.4. The van der Waals surface area contributed by atoms with Gasteiger partial charge in [0.05, 0.1) is 19.1 Å². The molecule has 1 amide bonds. The van der Waals surface area contributed by atoms with Crippen molar-refractivity contribution < 1.29 is 27.8 Å². The zero-order chi connectivity index (χ0) is 17.7. The largest absolute Gasteiger partial charge is 0.411 e. The maximum atomic E-state index is 11.9. The van der Waals surface area contributed by atoms with Gasteiger partial charge < -0.3 is 14.7 Å². The number of nitrogens with zero attached hydrogens (tertiary/aromatic N) is 2. The molecule has 1 fully saturated rings. The maximum Gasteiger partial charge on any atom is 0.411 e. The van der Waals surface area contributed by atoms with Crippen LogP contribution in [-0.4, -0.2) is 79.0 Å². The molecule has 0 radical (unpaired) electrons. The van der Waals surface area contributed by atoms with E-state index in [0.29, 0.717) is 32.7 Å². The Balaban J connectivity index is 2.24. The number of carbonyl (C=O) groups is 1. The summed E-state index contributed by atoms with van der Waals surface area (Å²) < 4.78 is 40.2. The molecule has 1 aliphatic heterocycles. The predicted octanol–water partition coefficient (Wildman–Crippen LogP) is 1.51. The molecule has 1 heterocycles. The molecule has 1 unspecified atom stereocenters. The third-order valence-corrected chi connectivity index (χ3v) is 3.88. The van der Waals surface area contributed by atoms with Crippen LogP contribution < -0.4 is 0 Å². The summed E-state index contributed by atoms with van der Waals surface area (Å²) in [5.74, 6) is -0.191. The molecule has 136 valence electrons. The standard InChI is InChI=1S/C15H27F3N2O3/c1-14(2,3)12(21)10-19-5-7-20(8-6-19)13(22)4-9-23-11-15(16,17)18/h12,21H,4-11H2,1-3H3. The number of ether oxygens (including phenoxy) is 1. The van der Waals surface area contributed by atoms with Crippen molar-refractivity contribution in [2.45, 2.75) is 39.5 Å². The topological polar surface area (TPSA) is 53.0 Å². The first-order valence-electron chi connectivity index (χ1n) is 7.82. The van der Waals surface area contributed by atoms with Crippen LogP contribution in [0.25, 0.3) is 0 Å². The normalized spacial score (nSPS) is 19.0. The van der Waals surface area contributed by atoms with E-state index in [2.05, 4.69) is 9.64 Å². The Morgan fingerprint density at radius 3 is 2.22 bits per heavy atom. The molecule has 0 aliphatic carbocycles. The summed E-state index contributed by atoms with van der Waals surface area (Å²) in [7, 11) is 0. The first-order valence-corrected chi connectivity index (χ1v) is 7.82. The number of aliphatic hydroxyl groups excluding tert-OH is 1. The maximum absolute atomic E-state index is 11.9. The van der Waals surface area contributed by atoms with Gasteiger partial charge in [-0.25, -0.2) is 0 Å². The average molecular weight is 340 g/mol. The van der Waals surface area contributed by atoms with Gasteiger partial charge in [-0.1, -0.05) is 20.8 Å². The molecule has 0 saturated carbocycles. The SMILES string of the molecule is CC(C)(C)C(O)CN1CCN(C(=O)CCOCC(F)(F)F)CC1. The molecule has 0 aromatic heterocycles. The minimum Gasteiger partial charge on any atom is -0.391 e. The zero-order valence-electron chi connectivity index (χ0n) is 14.0. The van der Waals surface area contributed by atoms with E-state index >= 15 is 0 Å². The number of carbonyl (C=O) groups excluding carboxylic acids is 1. The quantitative estimate of drug-likeness (QED) is 0.745. The number of halogens is 3. The number of amides is 1. The summed E-state index contributed by atoms with van der Waals surface area (Å²) in [6, 6.07) is 0. The number of hydrogen-bond donors (Lipinski definition) is 1. The molecule has 23 heavy (non-hydrogen) atoms. The van der Waals surface area contributed by atoms with E-state index in [9.17, 15) is 23.1 Å². The molecular formula is C15H27F3N2O3. The van der Waals surface area contributed by atoms with Crippen molar-refractivity contribution in [1.82, 2.24) is 9.80 Å². The van der Waals surface area contributed by atoms with E-state index in [1.807, 2.05) is 20.8 Å². The molecule has 1 N–H and O–H groups in total. The summed E-state index contributed by atoms with van der Waals surface area (Å²) in [6.07, 6.45) is -4.84. The number of alkyl halides is 3. The first-order chi connectivity index (χ1) is 10.5. The summed E-state index contributed by atoms with van der Waals surface area (Å²) in [6.45, 7) is 7.28. The van der Waals surface area contributed by atoms with Crippen molar-refractivity contribution in [3.63, 3.8) is 0 Å². The van der Waals surface area contributed by atoms with Crippen LogP contribution in [0, 0.1) is 5.41 Å². The van der Waals surface area contributed by atoms with Crippen LogP contribution in [0.5, 0.6) is 0 Å². The minimum absolute atomic E-state index is 0.0410. The second-order valence-electron chi connectivity index (χ2n) is 6.98. The van der Waals surface area contributed by atoms with Crippen LogP contribution in [0.4, 0.5) is 13.2 Å². The van der Waals surface area contributed by atoms with Crippen LogP contribution >= 0.6 is 0 Å². The number of β-amino-alcohol motifs (C(OH)–C–C–N with tert-alkyl or cyclic N) is 1. The van der Waals surface area contributed by atoms with Gasteiger partial charge in [-0.2, -0.15) is 13.2 Å². The Bertz CT molecular complexity index is 375. The number of rotatable bonds is 6. The smallest absolute Gasteiger partial charge is 0.391 e. The van der Waals surface area contributed by atoms with Gasteiger partial charge in [-0.15, -0.1) is 0 Å². The summed E-state index contributed by atoms with van der Waals surface area (Å²) in [4.78, 5) is 15.6. The lowest BCUT2D eigenvalue weighted by Gasteiger charge is -2.38. The lowest BCUT2D eigenvalue weighted by molar-refractivity contribution is -0.175. The van der Waals surface area contributed by atoms with E-state index < -0.39 is 18.9 Å². The van der Waals surface area contributed by atoms with Crippen molar-refractivity contribution in [3.05, 3.63) is 0 Å². The van der Waals surface area contributed by atoms with E-state index in [0.717, 1.165) is 0 Å². The molecule has 8 heteroatoms. The molecule has 1 aliphatic rings. The second-order valence-corrected chi connectivity index (χ2v) is 6.98. The van der Waals surface area contributed by atoms with Crippen molar-refractivity contribution in [1.29, 1.82) is 0 Å². The molecule has 5 nitrogen and oxygen atoms in total. The van der Waals surface area contributed by atoms with E-state index in [1.54, 1.807) is 4.90 Å². The van der Waals surface area contributed by atoms with Crippen LogP contribution in [0.15, 0.2) is 0 Å². The number of aliphatic hydroxyl groups is 1. The fraction of sp³-hybridized carbons (Fsp3) is 0.933. The number of hydrogen-bond acceptors (Lipinski definition) is 4. The molecule has 1 saturated heterocycles. The monoisotopic (exact) mass is 340 g/mol. The van der Waals surface area contributed by atoms with Crippen molar-refractivity contribution >= 4 is 5.91 Å². The van der Waals surface area contributed by atoms with Crippen LogP contribution in [0.1, 0.15) is 27.2 Å². The van der Waals surface area contributed by atoms with Gasteiger partial charge in [0.15, 0.2) is 0 Å². The summed E-state index contributed by atoms with van der Waals surface area (Å²) in [5, 5.41) is 10.1. The zero-order valence-corrected chi connectivity index (χ0v) is 14.0. The first kappa shape index (κ1) is 20.2. The van der Waals surface area contributed by atoms with Gasteiger partial charge in [0.1, 0.15) is 6.61 Å². The average Bonchev–Trinajstić information content (AvgIpc) is 2.42. The van der Waals surface area contributed by atoms with E-state index in [4.69, 9.17) is 0 Å². The highest BCUT2D eigenvalue weighted by Crippen LogP contribution is 2.20. The third-order valence-electron chi connectivity index (χ3n) is 3.88. The molecule has 0 aromatic carbocycles. The second kappa shape index (κ2) is 8.30. The highest BCUT2D eigenvalue weighted by molar-refractivity contribution is 5.76. The van der Waals surface area contributed by atoms with Crippen molar-refractivity contribution in [3.8, 4) is 0 Å². The Morgan fingerprint density at radius 2 is 1.74 bits per heavy atom. The van der Waals surface area contributed by atoms with Crippen LogP contribution in [0.3, 0.4) is 0 Å². The van der Waals surface area contributed by atoms with Gasteiger partial charge >= 0.3 is 6.18 Å². The van der Waals surface area contributed by atoms with E-state index in [1.165, 1.54) is 0 Å². The molecular weight excluding hydrogens is 313 g/mol. The lowest BCUT2D eigenvalue weighted by Crippen LogP contribution is -2.51. The van der Waals surface area contributed by atoms with Crippen LogP contribution in [0.2, 0.25) is 0 Å². The van der Waals surface area contributed by atoms with Gasteiger partial charge in [0.25, 0.3) is 0 Å². The molecule has 1 rings (SSSR count). The molecule has 0 spiro atoms. The van der Waals surface area contributed by atoms with Crippen molar-refractivity contribution in [2.24, 2.45) is 5.41 Å². The molecule has 0 bridgehead atoms. The Labute approximate surface area is 135 Å². The van der Waals surface area contributed by atoms with Gasteiger partial charge in [-0.05, 0) is 5.41 Å². The van der Waals surface area contributed by atoms with Gasteiger partial charge in [-0.3, -0.25) is 9.69 Å². The minimum atomic E-state index is -4.36. The third kappa shape index (κ3) is 7.99. The lowest BCUT2D eigenvalue weighted by atomic mass is 9.89. The molecule has 0 aromatic rings. The fourth-order valence-corrected chi connectivity index (χ4v) is 2.20. The molecule has 1 atom stereocenters. The predicted molar refractivity (Wildman–Crippen MR) is 80.0 cm³/mol. The fourth-order valence-electron chi connectivity index (χ4n) is 2.20. The summed E-state index contributed by atoms with van der Waals surface area (Å²) in [5.41, 5.74) is -0.192. The Hall–Kier alpha value is -0.860. The van der Waals surface area contributed by atoms with Gasteiger partial charge in [0, 0.05) is 32.7 Å². The Kier molecular flexibility index (Phi) is 7.29. The highest BCUT2D eigenvalue weighted by Gasteiger charge is 2.29. The van der Waals surface area contributed by atoms with E-state index in [-0.39, 0.29) is 24.3 Å². The number of piperazine rings is 1. The van der Waals surface area contributed by atoms with Crippen molar-refractivity contribution in [2.75, 3.05) is 45.9 Å².